The van der Waals surface area contributed by atoms with Crippen LogP contribution in [0.3, 0.4) is 0 Å². The lowest BCUT2D eigenvalue weighted by atomic mass is 9.72. The van der Waals surface area contributed by atoms with Gasteiger partial charge >= 0.3 is 0 Å². The Hall–Kier alpha value is -2.54. The molecule has 0 heterocycles. The fraction of sp³-hybridized carbons (Fsp3) is 0.550. The highest BCUT2D eigenvalue weighted by molar-refractivity contribution is 5.45. The standard InChI is InChI=1S/C40H58O/c1-7-9-11-13-15-22-32-24-17-19-27-36(32)39(3,4)30-34-26-21-29-38(41)35(34)31-40(5,6)37-28-20-18-25-33(37)23-16-14-12-10-8-2/h17-21,24-29,41H,7-16,22-23,30-31H2,1-6H3. The van der Waals surface area contributed by atoms with Crippen LogP contribution in [-0.2, 0) is 36.5 Å². The molecule has 1 N–H and O–H groups in total. The van der Waals surface area contributed by atoms with Crippen LogP contribution in [-0.4, -0.2) is 5.11 Å². The van der Waals surface area contributed by atoms with Crippen LogP contribution in [0, 0.1) is 0 Å². The highest BCUT2D eigenvalue weighted by atomic mass is 16.3. The fourth-order valence-electron chi connectivity index (χ4n) is 6.73. The molecule has 0 aromatic heterocycles. The molecule has 0 bridgehead atoms. The van der Waals surface area contributed by atoms with E-state index in [9.17, 15) is 5.11 Å². The van der Waals surface area contributed by atoms with E-state index in [0.717, 1.165) is 31.2 Å². The van der Waals surface area contributed by atoms with Crippen molar-refractivity contribution in [2.24, 2.45) is 0 Å². The second-order valence-electron chi connectivity index (χ2n) is 13.7. The van der Waals surface area contributed by atoms with Gasteiger partial charge in [-0.2, -0.15) is 0 Å². The molecule has 41 heavy (non-hydrogen) atoms. The molecule has 0 amide bonds. The van der Waals surface area contributed by atoms with Crippen LogP contribution >= 0.6 is 0 Å². The summed E-state index contributed by atoms with van der Waals surface area (Å²) in [5.74, 6) is 0.438. The zero-order valence-corrected chi connectivity index (χ0v) is 27.2. The third kappa shape index (κ3) is 9.76. The summed E-state index contributed by atoms with van der Waals surface area (Å²) in [6.45, 7) is 14.0. The summed E-state index contributed by atoms with van der Waals surface area (Å²) in [7, 11) is 0. The van der Waals surface area contributed by atoms with Gasteiger partial charge in [0.2, 0.25) is 0 Å². The minimum atomic E-state index is -0.0753. The molecule has 3 rings (SSSR count). The Morgan fingerprint density at radius 2 is 0.927 bits per heavy atom. The van der Waals surface area contributed by atoms with Gasteiger partial charge in [0.05, 0.1) is 0 Å². The molecule has 3 aromatic carbocycles. The van der Waals surface area contributed by atoms with E-state index in [4.69, 9.17) is 0 Å². The number of phenolic OH excluding ortho intramolecular Hbond substituents is 1. The Morgan fingerprint density at radius 3 is 1.44 bits per heavy atom. The largest absolute Gasteiger partial charge is 0.508 e. The molecule has 0 aliphatic heterocycles. The molecule has 0 saturated heterocycles. The van der Waals surface area contributed by atoms with Crippen LogP contribution in [0.4, 0.5) is 0 Å². The molecule has 0 spiro atoms. The Balaban J connectivity index is 1.82. The van der Waals surface area contributed by atoms with Gasteiger partial charge in [0.15, 0.2) is 0 Å². The van der Waals surface area contributed by atoms with Crippen LogP contribution in [0.5, 0.6) is 5.75 Å². The Kier molecular flexibility index (Phi) is 13.0. The lowest BCUT2D eigenvalue weighted by molar-refractivity contribution is 0.442. The number of benzene rings is 3. The van der Waals surface area contributed by atoms with Crippen LogP contribution in [0.25, 0.3) is 0 Å². The lowest BCUT2D eigenvalue weighted by Gasteiger charge is -2.32. The van der Waals surface area contributed by atoms with Gasteiger partial charge in [-0.1, -0.05) is 154 Å². The van der Waals surface area contributed by atoms with E-state index in [-0.39, 0.29) is 10.8 Å². The normalized spacial score (nSPS) is 12.1. The first-order valence-electron chi connectivity index (χ1n) is 16.7. The van der Waals surface area contributed by atoms with Crippen molar-refractivity contribution in [3.8, 4) is 5.75 Å². The van der Waals surface area contributed by atoms with Crippen molar-refractivity contribution in [3.63, 3.8) is 0 Å². The summed E-state index contributed by atoms with van der Waals surface area (Å²) in [6.07, 6.45) is 17.1. The molecule has 0 aliphatic carbocycles. The zero-order chi connectivity index (χ0) is 29.7. The topological polar surface area (TPSA) is 20.2 Å². The van der Waals surface area contributed by atoms with Crippen molar-refractivity contribution in [3.05, 3.63) is 100 Å². The molecule has 1 heteroatoms. The maximum atomic E-state index is 11.2. The molecule has 0 unspecified atom stereocenters. The van der Waals surface area contributed by atoms with Crippen molar-refractivity contribution in [2.75, 3.05) is 0 Å². The minimum absolute atomic E-state index is 0.0247. The van der Waals surface area contributed by atoms with E-state index in [0.29, 0.717) is 5.75 Å². The number of aryl methyl sites for hydroxylation is 2. The van der Waals surface area contributed by atoms with Crippen LogP contribution in [0.2, 0.25) is 0 Å². The molecule has 0 atom stereocenters. The minimum Gasteiger partial charge on any atom is -0.508 e. The summed E-state index contributed by atoms with van der Waals surface area (Å²) in [5.41, 5.74) is 8.13. The summed E-state index contributed by atoms with van der Waals surface area (Å²) < 4.78 is 0. The number of aromatic hydroxyl groups is 1. The molecule has 0 radical (unpaired) electrons. The molecule has 0 aliphatic rings. The Bertz CT molecular complexity index is 1180. The summed E-state index contributed by atoms with van der Waals surface area (Å²) >= 11 is 0. The number of unbranched alkanes of at least 4 members (excludes halogenated alkanes) is 8. The molecule has 3 aromatic rings. The van der Waals surface area contributed by atoms with E-state index >= 15 is 0 Å². The SMILES string of the molecule is CCCCCCCc1ccccc1C(C)(C)Cc1cccc(O)c1CC(C)(C)c1ccccc1CCCCCCC. The number of hydrogen-bond donors (Lipinski definition) is 1. The smallest absolute Gasteiger partial charge is 0.119 e. The quantitative estimate of drug-likeness (QED) is 0.155. The van der Waals surface area contributed by atoms with Gasteiger partial charge < -0.3 is 5.11 Å². The second-order valence-corrected chi connectivity index (χ2v) is 13.7. The summed E-state index contributed by atoms with van der Waals surface area (Å²) in [5, 5.41) is 11.2. The van der Waals surface area contributed by atoms with Gasteiger partial charge in [-0.15, -0.1) is 0 Å². The number of hydrogen-bond acceptors (Lipinski definition) is 1. The maximum Gasteiger partial charge on any atom is 0.119 e. The van der Waals surface area contributed by atoms with E-state index in [1.807, 2.05) is 12.1 Å². The maximum absolute atomic E-state index is 11.2. The Labute approximate surface area is 252 Å². The van der Waals surface area contributed by atoms with Gasteiger partial charge in [-0.05, 0) is 88.8 Å². The van der Waals surface area contributed by atoms with Crippen molar-refractivity contribution >= 4 is 0 Å². The van der Waals surface area contributed by atoms with Gasteiger partial charge in [-0.25, -0.2) is 0 Å². The highest BCUT2D eigenvalue weighted by Crippen LogP contribution is 2.38. The first-order chi connectivity index (χ1) is 19.7. The van der Waals surface area contributed by atoms with Crippen LogP contribution in [0.15, 0.2) is 66.7 Å². The number of rotatable bonds is 18. The number of phenols is 1. The van der Waals surface area contributed by atoms with Crippen LogP contribution < -0.4 is 0 Å². The van der Waals surface area contributed by atoms with Crippen molar-refractivity contribution < 1.29 is 5.11 Å². The first kappa shape index (κ1) is 33.0. The van der Waals surface area contributed by atoms with E-state index < -0.39 is 0 Å². The monoisotopic (exact) mass is 554 g/mol. The molecular weight excluding hydrogens is 496 g/mol. The van der Waals surface area contributed by atoms with Gasteiger partial charge in [0.25, 0.3) is 0 Å². The third-order valence-corrected chi connectivity index (χ3v) is 9.09. The average molecular weight is 555 g/mol. The Morgan fingerprint density at radius 1 is 0.488 bits per heavy atom. The average Bonchev–Trinajstić information content (AvgIpc) is 2.95. The van der Waals surface area contributed by atoms with Crippen molar-refractivity contribution in [2.45, 2.75) is 142 Å². The van der Waals surface area contributed by atoms with E-state index in [2.05, 4.69) is 96.1 Å². The zero-order valence-electron chi connectivity index (χ0n) is 27.2. The second kappa shape index (κ2) is 16.2. The van der Waals surface area contributed by atoms with Crippen molar-refractivity contribution in [1.29, 1.82) is 0 Å². The van der Waals surface area contributed by atoms with E-state index in [1.165, 1.54) is 92.0 Å². The predicted octanol–water partition coefficient (Wildman–Crippen LogP) is 11.5. The molecule has 1 nitrogen and oxygen atoms in total. The molecular formula is C40H58O. The van der Waals surface area contributed by atoms with Gasteiger partial charge in [0.1, 0.15) is 5.75 Å². The summed E-state index contributed by atoms with van der Waals surface area (Å²) in [4.78, 5) is 0. The van der Waals surface area contributed by atoms with Gasteiger partial charge in [0, 0.05) is 0 Å². The van der Waals surface area contributed by atoms with Crippen LogP contribution in [0.1, 0.15) is 139 Å². The molecule has 0 fully saturated rings. The van der Waals surface area contributed by atoms with Gasteiger partial charge in [-0.3, -0.25) is 0 Å². The van der Waals surface area contributed by atoms with E-state index in [1.54, 1.807) is 0 Å². The fourth-order valence-corrected chi connectivity index (χ4v) is 6.73. The predicted molar refractivity (Wildman–Crippen MR) is 179 cm³/mol. The molecule has 224 valence electrons. The molecule has 0 saturated carbocycles. The third-order valence-electron chi connectivity index (χ3n) is 9.09. The van der Waals surface area contributed by atoms with Crippen molar-refractivity contribution in [1.82, 2.24) is 0 Å². The first-order valence-corrected chi connectivity index (χ1v) is 16.7. The summed E-state index contributed by atoms with van der Waals surface area (Å²) in [6, 6.07) is 24.3. The highest BCUT2D eigenvalue weighted by Gasteiger charge is 2.29. The lowest BCUT2D eigenvalue weighted by Crippen LogP contribution is -2.26.